The highest BCUT2D eigenvalue weighted by molar-refractivity contribution is 6.72. The zero-order valence-electron chi connectivity index (χ0n) is 15.6. The van der Waals surface area contributed by atoms with E-state index in [4.69, 9.17) is 9.84 Å². The summed E-state index contributed by atoms with van der Waals surface area (Å²) in [6.45, 7) is 7.26. The Morgan fingerprint density at radius 1 is 1.32 bits per heavy atom. The lowest BCUT2D eigenvalue weighted by Gasteiger charge is -2.35. The summed E-state index contributed by atoms with van der Waals surface area (Å²) in [4.78, 5) is 21.4. The van der Waals surface area contributed by atoms with Crippen molar-refractivity contribution in [3.8, 4) is 5.75 Å². The Labute approximate surface area is 149 Å². The van der Waals surface area contributed by atoms with Crippen LogP contribution in [0.2, 0.25) is 18.1 Å². The number of rotatable bonds is 9. The third-order valence-electron chi connectivity index (χ3n) is 5.02. The van der Waals surface area contributed by atoms with Crippen LogP contribution in [-0.2, 0) is 12.8 Å². The van der Waals surface area contributed by atoms with E-state index in [1.54, 1.807) is 6.07 Å². The minimum atomic E-state index is -2.40. The largest absolute Gasteiger partial charge is 0.496 e. The summed E-state index contributed by atoms with van der Waals surface area (Å²) in [5.41, 5.74) is 0.986. The van der Waals surface area contributed by atoms with E-state index in [-0.39, 0.29) is 17.1 Å². The van der Waals surface area contributed by atoms with Gasteiger partial charge in [-0.05, 0) is 37.0 Å². The molecule has 0 saturated heterocycles. The Bertz CT molecular complexity index is 612. The maximum Gasteiger partial charge on any atom is 0.273 e. The molecule has 1 aromatic carbocycles. The fourth-order valence-electron chi connectivity index (χ4n) is 2.44. The number of aliphatic hydroxyl groups excluding tert-OH is 2. The van der Waals surface area contributed by atoms with Crippen LogP contribution in [-0.4, -0.2) is 48.1 Å². The minimum absolute atomic E-state index is 0.0332. The molecular formula is C17H29NO6Si. The summed E-state index contributed by atoms with van der Waals surface area (Å²) >= 11 is 0. The van der Waals surface area contributed by atoms with Crippen LogP contribution in [0, 0.1) is 10.1 Å². The summed E-state index contributed by atoms with van der Waals surface area (Å²) in [6.07, 6.45) is 0.132. The van der Waals surface area contributed by atoms with Gasteiger partial charge in [0.15, 0.2) is 8.32 Å². The fraction of sp³-hybridized carbons (Fsp3) is 0.647. The van der Waals surface area contributed by atoms with Gasteiger partial charge in [0, 0.05) is 23.6 Å². The first-order valence-corrected chi connectivity index (χ1v) is 11.2. The van der Waals surface area contributed by atoms with Gasteiger partial charge < -0.3 is 19.7 Å². The Morgan fingerprint density at radius 2 is 1.92 bits per heavy atom. The summed E-state index contributed by atoms with van der Waals surface area (Å²) in [7, 11) is -0.939. The van der Waals surface area contributed by atoms with E-state index >= 15 is 0 Å². The van der Waals surface area contributed by atoms with Crippen molar-refractivity contribution in [3.63, 3.8) is 0 Å². The highest BCUT2D eigenvalue weighted by atomic mass is 28.4. The summed E-state index contributed by atoms with van der Waals surface area (Å²) in [5, 5.41) is 29.8. The first-order valence-electron chi connectivity index (χ1n) is 8.28. The van der Waals surface area contributed by atoms with Gasteiger partial charge in [-0.2, -0.15) is 0 Å². The molecule has 0 aliphatic carbocycles. The molecule has 1 rings (SSSR count). The second-order valence-corrected chi connectivity index (χ2v) is 12.0. The van der Waals surface area contributed by atoms with Crippen molar-refractivity contribution in [3.05, 3.63) is 33.4 Å². The average Bonchev–Trinajstić information content (AvgIpc) is 2.51. The molecule has 0 radical (unpaired) electrons. The molecule has 25 heavy (non-hydrogen) atoms. The van der Waals surface area contributed by atoms with Crippen molar-refractivity contribution in [1.29, 1.82) is 0 Å². The number of nitro benzene ring substituents is 1. The van der Waals surface area contributed by atoms with E-state index in [0.717, 1.165) is 0 Å². The third kappa shape index (κ3) is 5.50. The second kappa shape index (κ2) is 8.26. The van der Waals surface area contributed by atoms with E-state index in [9.17, 15) is 20.0 Å². The molecule has 0 bridgehead atoms. The van der Waals surface area contributed by atoms with Gasteiger partial charge in [-0.15, -0.1) is 0 Å². The molecule has 0 aromatic heterocycles. The second-order valence-electron chi connectivity index (χ2n) is 7.53. The maximum atomic E-state index is 11.5. The van der Waals surface area contributed by atoms with Crippen LogP contribution in [0.4, 0.5) is 5.69 Å². The van der Waals surface area contributed by atoms with Crippen molar-refractivity contribution in [2.75, 3.05) is 13.7 Å². The lowest BCUT2D eigenvalue weighted by atomic mass is 9.97. The average molecular weight is 372 g/mol. The topological polar surface area (TPSA) is 113 Å². The number of nitrogens with zero attached hydrogens (tertiary/aromatic N) is 1. The lowest BCUT2D eigenvalue weighted by molar-refractivity contribution is -0.385. The predicted molar refractivity (Wildman–Crippen MR) is 98.5 cm³/mol. The number of ether oxygens (including phenoxy) is 1. The van der Waals surface area contributed by atoms with Crippen LogP contribution >= 0.6 is 0 Å². The molecule has 0 aliphatic rings. The lowest BCUT2D eigenvalue weighted by Crippen LogP contribution is -2.39. The SMILES string of the molecule is COc1cc(CCC(C)(C)[Si](C)(C)O)c([N+](=O)[O-])cc1CC(O)CO. The molecule has 8 heteroatoms. The summed E-state index contributed by atoms with van der Waals surface area (Å²) < 4.78 is 5.31. The predicted octanol–water partition coefficient (Wildman–Crippen LogP) is 2.41. The Kier molecular flexibility index (Phi) is 7.13. The van der Waals surface area contributed by atoms with Crippen LogP contribution in [0.25, 0.3) is 0 Å². The smallest absolute Gasteiger partial charge is 0.273 e. The fourth-order valence-corrected chi connectivity index (χ4v) is 3.18. The number of aliphatic hydroxyl groups is 2. The molecule has 1 unspecified atom stereocenters. The van der Waals surface area contributed by atoms with Crippen LogP contribution in [0.3, 0.4) is 0 Å². The van der Waals surface area contributed by atoms with Crippen molar-refractivity contribution < 1.29 is 24.7 Å². The molecule has 0 saturated carbocycles. The van der Waals surface area contributed by atoms with Gasteiger partial charge in [-0.1, -0.05) is 13.8 Å². The Hall–Kier alpha value is -1.48. The number of methoxy groups -OCH3 is 1. The van der Waals surface area contributed by atoms with E-state index in [0.29, 0.717) is 29.7 Å². The number of hydrogen-bond donors (Lipinski definition) is 3. The zero-order valence-corrected chi connectivity index (χ0v) is 16.6. The first kappa shape index (κ1) is 21.6. The monoisotopic (exact) mass is 371 g/mol. The van der Waals surface area contributed by atoms with Crippen LogP contribution in [0.1, 0.15) is 31.4 Å². The highest BCUT2D eigenvalue weighted by Gasteiger charge is 2.38. The molecule has 142 valence electrons. The summed E-state index contributed by atoms with van der Waals surface area (Å²) in [6, 6.07) is 3.03. The molecule has 0 amide bonds. The first-order chi connectivity index (χ1) is 11.4. The van der Waals surface area contributed by atoms with E-state index in [1.165, 1.54) is 13.2 Å². The standard InChI is InChI=1S/C17H29NO6Si/c1-17(2,25(4,5)23)7-6-12-10-16(24-3)13(8-14(20)11-19)9-15(12)18(21)22/h9-10,14,19-20,23H,6-8,11H2,1-5H3. The van der Waals surface area contributed by atoms with Gasteiger partial charge in [-0.3, -0.25) is 10.1 Å². The number of hydrogen-bond acceptors (Lipinski definition) is 6. The Balaban J connectivity index is 3.20. The maximum absolute atomic E-state index is 11.5. The molecule has 0 heterocycles. The van der Waals surface area contributed by atoms with Gasteiger partial charge in [-0.25, -0.2) is 0 Å². The molecule has 3 N–H and O–H groups in total. The normalized spacial score (nSPS) is 13.6. The van der Waals surface area contributed by atoms with Gasteiger partial charge in [0.1, 0.15) is 5.75 Å². The molecule has 7 nitrogen and oxygen atoms in total. The highest BCUT2D eigenvalue weighted by Crippen LogP contribution is 2.41. The molecule has 0 aliphatic heterocycles. The quantitative estimate of drug-likeness (QED) is 0.349. The molecule has 1 atom stereocenters. The third-order valence-corrected chi connectivity index (χ3v) is 8.58. The Morgan fingerprint density at radius 3 is 2.36 bits per heavy atom. The van der Waals surface area contributed by atoms with Crippen LogP contribution in [0.15, 0.2) is 12.1 Å². The van der Waals surface area contributed by atoms with Gasteiger partial charge >= 0.3 is 0 Å². The zero-order chi connectivity index (χ0) is 19.4. The van der Waals surface area contributed by atoms with Gasteiger partial charge in [0.25, 0.3) is 5.69 Å². The van der Waals surface area contributed by atoms with Crippen LogP contribution in [0.5, 0.6) is 5.75 Å². The minimum Gasteiger partial charge on any atom is -0.496 e. The molecule has 1 aromatic rings. The number of nitro groups is 1. The molecule has 0 spiro atoms. The van der Waals surface area contributed by atoms with Crippen molar-refractivity contribution in [2.24, 2.45) is 0 Å². The number of benzene rings is 1. The summed E-state index contributed by atoms with van der Waals surface area (Å²) in [5.74, 6) is 0.450. The molecule has 0 fully saturated rings. The number of aryl methyl sites for hydroxylation is 1. The molecular weight excluding hydrogens is 342 g/mol. The van der Waals surface area contributed by atoms with E-state index in [1.807, 2.05) is 26.9 Å². The van der Waals surface area contributed by atoms with E-state index in [2.05, 4.69) is 0 Å². The van der Waals surface area contributed by atoms with Crippen molar-refractivity contribution >= 4 is 14.0 Å². The van der Waals surface area contributed by atoms with Crippen molar-refractivity contribution in [1.82, 2.24) is 0 Å². The van der Waals surface area contributed by atoms with E-state index < -0.39 is 26.0 Å². The van der Waals surface area contributed by atoms with Crippen LogP contribution < -0.4 is 4.74 Å². The van der Waals surface area contributed by atoms with Crippen molar-refractivity contribution in [2.45, 2.75) is 57.3 Å². The van der Waals surface area contributed by atoms with Gasteiger partial charge in [0.05, 0.1) is 24.7 Å². The van der Waals surface area contributed by atoms with Gasteiger partial charge in [0.2, 0.25) is 0 Å².